The average molecular weight is 296 g/mol. The first-order chi connectivity index (χ1) is 8.29. The van der Waals surface area contributed by atoms with E-state index in [0.717, 1.165) is 5.92 Å². The molecule has 94 valence electrons. The van der Waals surface area contributed by atoms with Gasteiger partial charge in [0.05, 0.1) is 0 Å². The van der Waals surface area contributed by atoms with E-state index in [0.29, 0.717) is 6.04 Å². The molecule has 0 aliphatic heterocycles. The van der Waals surface area contributed by atoms with Crippen LogP contribution in [0, 0.1) is 5.92 Å². The van der Waals surface area contributed by atoms with Crippen molar-refractivity contribution < 1.29 is 0 Å². The summed E-state index contributed by atoms with van der Waals surface area (Å²) in [5.74, 6) is 0.959. The summed E-state index contributed by atoms with van der Waals surface area (Å²) in [6.07, 6.45) is 8.17. The van der Waals surface area contributed by atoms with Crippen LogP contribution in [0.2, 0.25) is 0 Å². The molecule has 2 rings (SSSR count). The van der Waals surface area contributed by atoms with Crippen LogP contribution >= 0.6 is 15.9 Å². The zero-order valence-corrected chi connectivity index (χ0v) is 12.2. The normalized spacial score (nSPS) is 25.3. The minimum absolute atomic E-state index is 0.658. The van der Waals surface area contributed by atoms with E-state index in [9.17, 15) is 0 Å². The largest absolute Gasteiger partial charge is 0.381 e. The third-order valence-electron chi connectivity index (χ3n) is 3.90. The Morgan fingerprint density at radius 3 is 2.76 bits per heavy atom. The Bertz CT molecular complexity index is 351. The van der Waals surface area contributed by atoms with Gasteiger partial charge in [0.2, 0.25) is 0 Å². The Balaban J connectivity index is 1.93. The lowest BCUT2D eigenvalue weighted by Crippen LogP contribution is -2.18. The molecular weight excluding hydrogens is 274 g/mol. The van der Waals surface area contributed by atoms with Gasteiger partial charge in [-0.1, -0.05) is 38.3 Å². The number of benzene rings is 1. The number of para-hydroxylation sites is 1. The zero-order valence-electron chi connectivity index (χ0n) is 10.6. The molecule has 2 unspecified atom stereocenters. The van der Waals surface area contributed by atoms with Gasteiger partial charge in [0, 0.05) is 16.2 Å². The van der Waals surface area contributed by atoms with E-state index in [1.807, 2.05) is 0 Å². The quantitative estimate of drug-likeness (QED) is 0.754. The summed E-state index contributed by atoms with van der Waals surface area (Å²) in [5, 5.41) is 3.69. The predicted molar refractivity (Wildman–Crippen MR) is 78.4 cm³/mol. The fourth-order valence-electron chi connectivity index (χ4n) is 2.73. The van der Waals surface area contributed by atoms with Crippen LogP contribution < -0.4 is 5.32 Å². The van der Waals surface area contributed by atoms with Crippen LogP contribution in [0.25, 0.3) is 0 Å². The molecule has 2 heteroatoms. The van der Waals surface area contributed by atoms with E-state index in [4.69, 9.17) is 0 Å². The van der Waals surface area contributed by atoms with E-state index >= 15 is 0 Å². The first-order valence-electron chi connectivity index (χ1n) is 6.80. The standard InChI is InChI=1S/C15H22BrN/c1-2-12-6-5-7-13(11-10-12)17-15-9-4-3-8-14(15)16/h3-4,8-9,12-13,17H,2,5-7,10-11H2,1H3. The number of anilines is 1. The molecule has 0 heterocycles. The van der Waals surface area contributed by atoms with Gasteiger partial charge in [-0.3, -0.25) is 0 Å². The molecule has 1 aliphatic carbocycles. The average Bonchev–Trinajstić information content (AvgIpc) is 2.57. The van der Waals surface area contributed by atoms with Gasteiger partial charge in [0.1, 0.15) is 0 Å². The van der Waals surface area contributed by atoms with Gasteiger partial charge < -0.3 is 5.32 Å². The molecule has 1 nitrogen and oxygen atoms in total. The van der Waals surface area contributed by atoms with Crippen molar-refractivity contribution >= 4 is 21.6 Å². The first kappa shape index (κ1) is 12.9. The minimum Gasteiger partial charge on any atom is -0.381 e. The summed E-state index contributed by atoms with van der Waals surface area (Å²) in [6.45, 7) is 2.33. The van der Waals surface area contributed by atoms with Gasteiger partial charge >= 0.3 is 0 Å². The molecule has 0 spiro atoms. The van der Waals surface area contributed by atoms with Crippen molar-refractivity contribution in [2.75, 3.05) is 5.32 Å². The number of rotatable bonds is 3. The summed E-state index contributed by atoms with van der Waals surface area (Å²) in [5.41, 5.74) is 1.24. The summed E-state index contributed by atoms with van der Waals surface area (Å²) in [7, 11) is 0. The molecule has 1 aliphatic rings. The smallest absolute Gasteiger partial charge is 0.0486 e. The van der Waals surface area contributed by atoms with Crippen LogP contribution in [0.5, 0.6) is 0 Å². The fraction of sp³-hybridized carbons (Fsp3) is 0.600. The van der Waals surface area contributed by atoms with Gasteiger partial charge in [-0.15, -0.1) is 0 Å². The van der Waals surface area contributed by atoms with Crippen molar-refractivity contribution in [2.45, 2.75) is 51.5 Å². The molecule has 0 bridgehead atoms. The number of nitrogens with one attached hydrogen (secondary N) is 1. The van der Waals surface area contributed by atoms with Gasteiger partial charge in [-0.2, -0.15) is 0 Å². The Hall–Kier alpha value is -0.500. The van der Waals surface area contributed by atoms with Crippen LogP contribution in [0.4, 0.5) is 5.69 Å². The maximum absolute atomic E-state index is 3.69. The molecule has 0 aromatic heterocycles. The van der Waals surface area contributed by atoms with Crippen LogP contribution in [-0.4, -0.2) is 6.04 Å². The van der Waals surface area contributed by atoms with E-state index < -0.39 is 0 Å². The van der Waals surface area contributed by atoms with E-state index in [-0.39, 0.29) is 0 Å². The van der Waals surface area contributed by atoms with Gasteiger partial charge in [0.15, 0.2) is 0 Å². The lowest BCUT2D eigenvalue weighted by Gasteiger charge is -2.19. The predicted octanol–water partition coefficient (Wildman–Crippen LogP) is 5.22. The van der Waals surface area contributed by atoms with Crippen LogP contribution in [0.1, 0.15) is 45.4 Å². The third kappa shape index (κ3) is 3.74. The highest BCUT2D eigenvalue weighted by Gasteiger charge is 2.17. The lowest BCUT2D eigenvalue weighted by atomic mass is 9.98. The highest BCUT2D eigenvalue weighted by Crippen LogP contribution is 2.29. The summed E-state index contributed by atoms with van der Waals surface area (Å²) in [4.78, 5) is 0. The van der Waals surface area contributed by atoms with E-state index in [1.54, 1.807) is 0 Å². The van der Waals surface area contributed by atoms with Crippen molar-refractivity contribution in [3.8, 4) is 0 Å². The maximum Gasteiger partial charge on any atom is 0.0486 e. The first-order valence-corrected chi connectivity index (χ1v) is 7.60. The summed E-state index contributed by atoms with van der Waals surface area (Å²) < 4.78 is 1.18. The van der Waals surface area contributed by atoms with Gasteiger partial charge in [-0.05, 0) is 53.2 Å². The molecule has 2 atom stereocenters. The molecule has 1 aromatic rings. The molecule has 17 heavy (non-hydrogen) atoms. The number of halogens is 1. The SMILES string of the molecule is CCC1CCCC(Nc2ccccc2Br)CC1. The second-order valence-electron chi connectivity index (χ2n) is 5.10. The number of hydrogen-bond donors (Lipinski definition) is 1. The second-order valence-corrected chi connectivity index (χ2v) is 5.96. The Morgan fingerprint density at radius 2 is 2.00 bits per heavy atom. The summed E-state index contributed by atoms with van der Waals surface area (Å²) in [6, 6.07) is 9.08. The van der Waals surface area contributed by atoms with Crippen molar-refractivity contribution in [1.29, 1.82) is 0 Å². The molecule has 0 radical (unpaired) electrons. The van der Waals surface area contributed by atoms with Crippen molar-refractivity contribution in [3.05, 3.63) is 28.7 Å². The molecule has 1 fully saturated rings. The Morgan fingerprint density at radius 1 is 1.18 bits per heavy atom. The molecular formula is C15H22BrN. The van der Waals surface area contributed by atoms with Crippen molar-refractivity contribution in [2.24, 2.45) is 5.92 Å². The third-order valence-corrected chi connectivity index (χ3v) is 4.59. The van der Waals surface area contributed by atoms with Crippen LogP contribution in [0.15, 0.2) is 28.7 Å². The van der Waals surface area contributed by atoms with Gasteiger partial charge in [0.25, 0.3) is 0 Å². The van der Waals surface area contributed by atoms with Crippen LogP contribution in [-0.2, 0) is 0 Å². The summed E-state index contributed by atoms with van der Waals surface area (Å²) >= 11 is 3.61. The molecule has 1 aromatic carbocycles. The van der Waals surface area contributed by atoms with Crippen LogP contribution in [0.3, 0.4) is 0 Å². The highest BCUT2D eigenvalue weighted by atomic mass is 79.9. The molecule has 1 saturated carbocycles. The van der Waals surface area contributed by atoms with Crippen molar-refractivity contribution in [1.82, 2.24) is 0 Å². The zero-order chi connectivity index (χ0) is 12.1. The minimum atomic E-state index is 0.658. The molecule has 0 saturated heterocycles. The monoisotopic (exact) mass is 295 g/mol. The van der Waals surface area contributed by atoms with Gasteiger partial charge in [-0.25, -0.2) is 0 Å². The Kier molecular flexibility index (Phi) is 4.90. The molecule has 0 amide bonds. The lowest BCUT2D eigenvalue weighted by molar-refractivity contribution is 0.444. The van der Waals surface area contributed by atoms with E-state index in [1.165, 1.54) is 48.7 Å². The fourth-order valence-corrected chi connectivity index (χ4v) is 3.13. The van der Waals surface area contributed by atoms with Crippen molar-refractivity contribution in [3.63, 3.8) is 0 Å². The molecule has 1 N–H and O–H groups in total. The Labute approximate surface area is 113 Å². The maximum atomic E-state index is 3.69. The van der Waals surface area contributed by atoms with E-state index in [2.05, 4.69) is 52.4 Å². The highest BCUT2D eigenvalue weighted by molar-refractivity contribution is 9.10. The topological polar surface area (TPSA) is 12.0 Å². The number of hydrogen-bond acceptors (Lipinski definition) is 1. The second kappa shape index (κ2) is 6.44.